The Bertz CT molecular complexity index is 500. The Labute approximate surface area is 121 Å². The van der Waals surface area contributed by atoms with Crippen molar-refractivity contribution in [3.63, 3.8) is 0 Å². The Morgan fingerprint density at radius 2 is 1.50 bits per heavy atom. The maximum atomic E-state index is 4.42. The van der Waals surface area contributed by atoms with E-state index in [4.69, 9.17) is 0 Å². The predicted molar refractivity (Wildman–Crippen MR) is 87.8 cm³/mol. The first-order valence-electron chi connectivity index (χ1n) is 5.99. The van der Waals surface area contributed by atoms with Gasteiger partial charge < -0.3 is 0 Å². The summed E-state index contributed by atoms with van der Waals surface area (Å²) in [4.78, 5) is 1.87. The molecule has 1 rings (SSSR count). The highest BCUT2D eigenvalue weighted by Crippen LogP contribution is 2.28. The molecule has 1 aromatic carbocycles. The van der Waals surface area contributed by atoms with E-state index in [1.165, 1.54) is 16.7 Å². The lowest BCUT2D eigenvalue weighted by Gasteiger charge is -2.11. The summed E-state index contributed by atoms with van der Waals surface area (Å²) in [7, 11) is 0. The Hall–Kier alpha value is -0.860. The summed E-state index contributed by atoms with van der Waals surface area (Å²) in [6.45, 7) is 8.33. The van der Waals surface area contributed by atoms with Gasteiger partial charge in [-0.1, -0.05) is 23.8 Å². The molecule has 0 aliphatic rings. The van der Waals surface area contributed by atoms with E-state index in [0.29, 0.717) is 0 Å². The molecular weight excluding hydrogens is 256 g/mol. The van der Waals surface area contributed by atoms with Gasteiger partial charge in [0, 0.05) is 9.79 Å². The first-order chi connectivity index (χ1) is 8.47. The first kappa shape index (κ1) is 15.2. The van der Waals surface area contributed by atoms with Crippen LogP contribution in [0.15, 0.2) is 57.4 Å². The molecule has 0 spiro atoms. The third-order valence-electron chi connectivity index (χ3n) is 2.90. The molecule has 0 atom stereocenters. The SMILES string of the molecule is CC=C(C)/C(=C\C(C)=C/C)c1cc(S)cc(S)c1. The molecule has 0 heterocycles. The maximum absolute atomic E-state index is 4.42. The molecule has 0 radical (unpaired) electrons. The zero-order valence-corrected chi connectivity index (χ0v) is 13.1. The molecule has 0 aliphatic heterocycles. The molecule has 96 valence electrons. The van der Waals surface area contributed by atoms with Gasteiger partial charge >= 0.3 is 0 Å². The molecule has 0 bridgehead atoms. The molecule has 0 N–H and O–H groups in total. The molecule has 0 aromatic heterocycles. The van der Waals surface area contributed by atoms with Crippen molar-refractivity contribution in [2.75, 3.05) is 0 Å². The average Bonchev–Trinajstić information content (AvgIpc) is 2.33. The molecule has 2 heteroatoms. The van der Waals surface area contributed by atoms with E-state index in [1.54, 1.807) is 0 Å². The minimum Gasteiger partial charge on any atom is -0.143 e. The number of hydrogen-bond donors (Lipinski definition) is 2. The van der Waals surface area contributed by atoms with Crippen LogP contribution in [0.2, 0.25) is 0 Å². The van der Waals surface area contributed by atoms with Crippen LogP contribution in [-0.2, 0) is 0 Å². The van der Waals surface area contributed by atoms with Gasteiger partial charge in [-0.3, -0.25) is 0 Å². The molecular formula is C16H20S2. The zero-order chi connectivity index (χ0) is 13.7. The van der Waals surface area contributed by atoms with E-state index in [-0.39, 0.29) is 0 Å². The van der Waals surface area contributed by atoms with Gasteiger partial charge in [-0.15, -0.1) is 25.3 Å². The van der Waals surface area contributed by atoms with Crippen molar-refractivity contribution in [3.8, 4) is 0 Å². The maximum Gasteiger partial charge on any atom is 0.00572 e. The summed E-state index contributed by atoms with van der Waals surface area (Å²) in [5, 5.41) is 0. The van der Waals surface area contributed by atoms with Crippen LogP contribution < -0.4 is 0 Å². The summed E-state index contributed by atoms with van der Waals surface area (Å²) >= 11 is 8.84. The van der Waals surface area contributed by atoms with Gasteiger partial charge in [0.05, 0.1) is 0 Å². The monoisotopic (exact) mass is 276 g/mol. The van der Waals surface area contributed by atoms with Crippen LogP contribution in [0, 0.1) is 0 Å². The van der Waals surface area contributed by atoms with Crippen LogP contribution in [0.25, 0.3) is 5.57 Å². The van der Waals surface area contributed by atoms with Crippen molar-refractivity contribution in [1.82, 2.24) is 0 Å². The molecule has 0 amide bonds. The van der Waals surface area contributed by atoms with Gasteiger partial charge in [0.1, 0.15) is 0 Å². The van der Waals surface area contributed by atoms with E-state index in [9.17, 15) is 0 Å². The highest BCUT2D eigenvalue weighted by molar-refractivity contribution is 7.81. The minimum atomic E-state index is 0.936. The fraction of sp³-hybridized carbons (Fsp3) is 0.250. The normalized spacial score (nSPS) is 14.0. The van der Waals surface area contributed by atoms with E-state index >= 15 is 0 Å². The van der Waals surface area contributed by atoms with Crippen LogP contribution >= 0.6 is 25.3 Å². The highest BCUT2D eigenvalue weighted by Gasteiger charge is 2.05. The lowest BCUT2D eigenvalue weighted by atomic mass is 9.96. The smallest absolute Gasteiger partial charge is 0.00572 e. The van der Waals surface area contributed by atoms with Crippen LogP contribution in [0.5, 0.6) is 0 Å². The van der Waals surface area contributed by atoms with Crippen LogP contribution in [0.1, 0.15) is 33.3 Å². The zero-order valence-electron chi connectivity index (χ0n) is 11.4. The number of benzene rings is 1. The van der Waals surface area contributed by atoms with E-state index in [0.717, 1.165) is 15.4 Å². The average molecular weight is 276 g/mol. The van der Waals surface area contributed by atoms with Crippen molar-refractivity contribution in [2.24, 2.45) is 0 Å². The Kier molecular flexibility index (Phi) is 5.83. The van der Waals surface area contributed by atoms with Crippen molar-refractivity contribution < 1.29 is 0 Å². The molecule has 0 aliphatic carbocycles. The number of rotatable bonds is 3. The fourth-order valence-corrected chi connectivity index (χ4v) is 2.30. The third kappa shape index (κ3) is 4.11. The Balaban J connectivity index is 3.40. The summed E-state index contributed by atoms with van der Waals surface area (Å²) in [5.74, 6) is 0. The van der Waals surface area contributed by atoms with Gasteiger partial charge in [-0.05, 0) is 62.6 Å². The van der Waals surface area contributed by atoms with Crippen molar-refractivity contribution in [3.05, 3.63) is 53.1 Å². The quantitative estimate of drug-likeness (QED) is 0.522. The Morgan fingerprint density at radius 3 is 1.94 bits per heavy atom. The van der Waals surface area contributed by atoms with E-state index < -0.39 is 0 Å². The fourth-order valence-electron chi connectivity index (χ4n) is 1.64. The lowest BCUT2D eigenvalue weighted by Crippen LogP contribution is -1.89. The van der Waals surface area contributed by atoms with Gasteiger partial charge in [-0.2, -0.15) is 0 Å². The summed E-state index contributed by atoms with van der Waals surface area (Å²) < 4.78 is 0. The van der Waals surface area contributed by atoms with Crippen LogP contribution in [0.4, 0.5) is 0 Å². The van der Waals surface area contributed by atoms with Crippen molar-refractivity contribution in [2.45, 2.75) is 37.5 Å². The minimum absolute atomic E-state index is 0.936. The van der Waals surface area contributed by atoms with Crippen LogP contribution in [-0.4, -0.2) is 0 Å². The van der Waals surface area contributed by atoms with E-state index in [1.807, 2.05) is 13.0 Å². The molecule has 18 heavy (non-hydrogen) atoms. The predicted octanol–water partition coefficient (Wildman–Crippen LogP) is 5.58. The number of hydrogen-bond acceptors (Lipinski definition) is 2. The van der Waals surface area contributed by atoms with Crippen molar-refractivity contribution in [1.29, 1.82) is 0 Å². The summed E-state index contributed by atoms with van der Waals surface area (Å²) in [6, 6.07) is 6.09. The topological polar surface area (TPSA) is 0 Å². The lowest BCUT2D eigenvalue weighted by molar-refractivity contribution is 1.31. The third-order valence-corrected chi connectivity index (χ3v) is 3.42. The molecule has 1 aromatic rings. The van der Waals surface area contributed by atoms with E-state index in [2.05, 4.69) is 76.4 Å². The first-order valence-corrected chi connectivity index (χ1v) is 6.88. The second kappa shape index (κ2) is 6.91. The largest absolute Gasteiger partial charge is 0.143 e. The molecule has 0 nitrogen and oxygen atoms in total. The van der Waals surface area contributed by atoms with Gasteiger partial charge in [0.25, 0.3) is 0 Å². The van der Waals surface area contributed by atoms with Crippen molar-refractivity contribution >= 4 is 30.8 Å². The Morgan fingerprint density at radius 1 is 0.944 bits per heavy atom. The standard InChI is InChI=1S/C16H20S2/c1-5-11(3)7-16(12(4)6-2)13-8-14(17)10-15(18)9-13/h5-10,17-18H,1-4H3/b11-5-,12-6?,16-7+. The molecule has 0 saturated heterocycles. The second-order valence-electron chi connectivity index (χ2n) is 4.30. The van der Waals surface area contributed by atoms with Gasteiger partial charge in [-0.25, -0.2) is 0 Å². The number of allylic oxidation sites excluding steroid dienone is 6. The molecule has 0 unspecified atom stereocenters. The van der Waals surface area contributed by atoms with Gasteiger partial charge in [0.2, 0.25) is 0 Å². The van der Waals surface area contributed by atoms with Gasteiger partial charge in [0.15, 0.2) is 0 Å². The number of thiol groups is 2. The molecule has 0 fully saturated rings. The van der Waals surface area contributed by atoms with Crippen LogP contribution in [0.3, 0.4) is 0 Å². The summed E-state index contributed by atoms with van der Waals surface area (Å²) in [6.07, 6.45) is 6.43. The molecule has 0 saturated carbocycles. The summed E-state index contributed by atoms with van der Waals surface area (Å²) in [5.41, 5.74) is 4.88. The second-order valence-corrected chi connectivity index (χ2v) is 5.33. The highest BCUT2D eigenvalue weighted by atomic mass is 32.1.